The molecule has 81 heavy (non-hydrogen) atoms. The number of nitro benzene ring substituents is 2. The number of rotatable bonds is 18. The van der Waals surface area contributed by atoms with Crippen molar-refractivity contribution in [1.29, 1.82) is 0 Å². The molecule has 0 aliphatic rings. The summed E-state index contributed by atoms with van der Waals surface area (Å²) in [6.07, 6.45) is 0. The van der Waals surface area contributed by atoms with E-state index in [-0.39, 0.29) is 39.0 Å². The van der Waals surface area contributed by atoms with Gasteiger partial charge in [-0.25, -0.2) is 22.0 Å². The molecule has 7 N–H and O–H groups in total. The van der Waals surface area contributed by atoms with Crippen LogP contribution in [0.3, 0.4) is 0 Å². The lowest BCUT2D eigenvalue weighted by Gasteiger charge is -2.13. The number of aromatic carboxylic acids is 1. The van der Waals surface area contributed by atoms with Gasteiger partial charge in [0, 0.05) is 85.6 Å². The predicted octanol–water partition coefficient (Wildman–Crippen LogP) is 14.9. The molecule has 0 heterocycles. The smallest absolute Gasteiger partial charge is 0.339 e. The molecule has 0 saturated heterocycles. The number of phenols is 3. The van der Waals surface area contributed by atoms with E-state index in [2.05, 4.69) is 16.0 Å². The van der Waals surface area contributed by atoms with Crippen molar-refractivity contribution >= 4 is 79.4 Å². The van der Waals surface area contributed by atoms with E-state index in [1.54, 1.807) is 41.7 Å². The Bertz CT molecular complexity index is 3830. The maximum Gasteiger partial charge on any atom is 0.339 e. The number of carbonyl (C=O) groups is 1. The van der Waals surface area contributed by atoms with Gasteiger partial charge in [0.1, 0.15) is 11.3 Å². The second-order valence-corrected chi connectivity index (χ2v) is 22.0. The van der Waals surface area contributed by atoms with Crippen LogP contribution >= 0.6 is 35.1 Å². The quantitative estimate of drug-likeness (QED) is 0.0239. The van der Waals surface area contributed by atoms with Gasteiger partial charge in [0.05, 0.1) is 19.6 Å². The number of aryl methyl sites for hydroxylation is 1. The van der Waals surface area contributed by atoms with Gasteiger partial charge in [-0.1, -0.05) is 126 Å². The molecular weight excluding hydrogens is 1120 g/mol. The van der Waals surface area contributed by atoms with Gasteiger partial charge < -0.3 is 36.4 Å². The Morgan fingerprint density at radius 2 is 1.00 bits per heavy atom. The minimum Gasteiger partial charge on any atom is -0.507 e. The van der Waals surface area contributed by atoms with E-state index in [0.717, 1.165) is 55.0 Å². The van der Waals surface area contributed by atoms with Crippen LogP contribution < -0.4 is 16.0 Å². The summed E-state index contributed by atoms with van der Waals surface area (Å²) in [4.78, 5) is 35.9. The highest BCUT2D eigenvalue weighted by Gasteiger charge is 2.23. The molecule has 0 spiro atoms. The molecule has 0 radical (unpaired) electrons. The van der Waals surface area contributed by atoms with Crippen LogP contribution in [-0.2, 0) is 29.5 Å². The Balaban J connectivity index is 0.000000175. The molecule has 0 aliphatic heterocycles. The summed E-state index contributed by atoms with van der Waals surface area (Å²) in [6.45, 7) is 2.89. The fraction of sp³-hybridized carbons (Fsp3) is 0.0678. The van der Waals surface area contributed by atoms with Crippen LogP contribution in [0.25, 0.3) is 0 Å². The first-order valence-electron chi connectivity index (χ1n) is 24.1. The number of benzene rings is 9. The minimum atomic E-state index is -3.75. The van der Waals surface area contributed by atoms with Gasteiger partial charge in [-0.15, -0.1) is 0 Å². The summed E-state index contributed by atoms with van der Waals surface area (Å²) in [5.41, 5.74) is 2.96. The summed E-state index contributed by atoms with van der Waals surface area (Å²) in [7, 11) is -3.75. The van der Waals surface area contributed by atoms with Crippen molar-refractivity contribution in [2.24, 2.45) is 0 Å². The summed E-state index contributed by atoms with van der Waals surface area (Å²) < 4.78 is 53.4. The van der Waals surface area contributed by atoms with Gasteiger partial charge in [0.2, 0.25) is 21.3 Å². The fourth-order valence-corrected chi connectivity index (χ4v) is 11.1. The van der Waals surface area contributed by atoms with Crippen LogP contribution in [0.2, 0.25) is 5.02 Å². The van der Waals surface area contributed by atoms with Crippen molar-refractivity contribution in [2.45, 2.75) is 55.9 Å². The van der Waals surface area contributed by atoms with Crippen LogP contribution in [0, 0.1) is 38.8 Å². The lowest BCUT2D eigenvalue weighted by molar-refractivity contribution is -0.386. The standard InChI is InChI=1S/C20H16ClNO5S.C20H17FN2O3S.C19H15FN2O3S/c21-14-5-8-16(9-6-14)28(26,27)19-4-2-1-3-13(19)12-22-15-7-10-18(23)17(11-15)20(24)25;1-13-6-8-16(9-7-13)27-19-5-3-2-4-14(19)12-22-15-10-17(21)20(24)18(11-15)23(25)26;20-16-10-14(11-17(19(16)23)22(24)25)21-12-13-6-4-5-9-18(13)26-15-7-2-1-3-8-15/h1-11,22-23H,12H2,(H,24,25);2-11,22,24H,12H2,1H3;1-11,21,23H,12H2. The molecule has 0 bridgehead atoms. The molecule has 9 aromatic carbocycles. The third-order valence-electron chi connectivity index (χ3n) is 11.7. The Morgan fingerprint density at radius 3 is 1.51 bits per heavy atom. The molecule has 0 atom stereocenters. The average molecular weight is 1170 g/mol. The van der Waals surface area contributed by atoms with Gasteiger partial charge in [-0.05, 0) is 109 Å². The number of halogens is 3. The molecule has 414 valence electrons. The monoisotopic (exact) mass is 1170 g/mol. The number of nitrogens with zero attached hydrogens (tertiary/aromatic N) is 2. The topological polar surface area (TPSA) is 254 Å². The van der Waals surface area contributed by atoms with Crippen LogP contribution in [-0.4, -0.2) is 44.7 Å². The third-order valence-corrected chi connectivity index (χ3v) is 16.1. The zero-order valence-electron chi connectivity index (χ0n) is 42.5. The molecule has 0 amide bonds. The zero-order chi connectivity index (χ0) is 58.2. The first kappa shape index (κ1) is 59.5. The molecule has 0 unspecified atom stereocenters. The van der Waals surface area contributed by atoms with Crippen molar-refractivity contribution in [3.05, 3.63) is 259 Å². The number of sulfone groups is 1. The minimum absolute atomic E-state index is 0.127. The van der Waals surface area contributed by atoms with Gasteiger partial charge in [0.15, 0.2) is 11.6 Å². The average Bonchev–Trinajstić information content (AvgIpc) is 3.50. The number of anilines is 3. The molecule has 0 aromatic heterocycles. The summed E-state index contributed by atoms with van der Waals surface area (Å²) >= 11 is 9.05. The van der Waals surface area contributed by atoms with E-state index in [9.17, 15) is 57.5 Å². The highest BCUT2D eigenvalue weighted by atomic mass is 35.5. The molecule has 22 heteroatoms. The lowest BCUT2D eigenvalue weighted by atomic mass is 10.1. The van der Waals surface area contributed by atoms with Gasteiger partial charge >= 0.3 is 17.3 Å². The lowest BCUT2D eigenvalue weighted by Crippen LogP contribution is -2.09. The first-order chi connectivity index (χ1) is 38.8. The van der Waals surface area contributed by atoms with Crippen LogP contribution in [0.4, 0.5) is 37.2 Å². The van der Waals surface area contributed by atoms with Gasteiger partial charge in [-0.3, -0.25) is 20.2 Å². The molecule has 16 nitrogen and oxygen atoms in total. The van der Waals surface area contributed by atoms with Crippen LogP contribution in [0.15, 0.2) is 223 Å². The Kier molecular flexibility index (Phi) is 20.3. The van der Waals surface area contributed by atoms with Crippen molar-refractivity contribution in [3.8, 4) is 17.2 Å². The molecule has 0 aliphatic carbocycles. The van der Waals surface area contributed by atoms with Crippen molar-refractivity contribution < 1.29 is 52.3 Å². The van der Waals surface area contributed by atoms with Gasteiger partial charge in [0.25, 0.3) is 0 Å². The van der Waals surface area contributed by atoms with E-state index in [0.29, 0.717) is 29.4 Å². The zero-order valence-corrected chi connectivity index (χ0v) is 45.7. The summed E-state index contributed by atoms with van der Waals surface area (Å²) in [5, 5.41) is 68.8. The highest BCUT2D eigenvalue weighted by Crippen LogP contribution is 2.36. The van der Waals surface area contributed by atoms with Crippen molar-refractivity contribution in [1.82, 2.24) is 0 Å². The van der Waals surface area contributed by atoms with Crippen LogP contribution in [0.5, 0.6) is 17.2 Å². The third kappa shape index (κ3) is 16.2. The Morgan fingerprint density at radius 1 is 0.556 bits per heavy atom. The van der Waals surface area contributed by atoms with Crippen molar-refractivity contribution in [2.75, 3.05) is 16.0 Å². The fourth-order valence-electron chi connectivity index (χ4n) is 7.56. The number of aromatic hydroxyl groups is 3. The number of hydrogen-bond donors (Lipinski definition) is 7. The maximum absolute atomic E-state index is 13.7. The molecule has 0 fully saturated rings. The van der Waals surface area contributed by atoms with Gasteiger partial charge in [-0.2, -0.15) is 0 Å². The number of nitrogens with one attached hydrogen (secondary N) is 3. The van der Waals surface area contributed by atoms with E-state index in [1.807, 2.05) is 110 Å². The van der Waals surface area contributed by atoms with Crippen LogP contribution in [0.1, 0.15) is 32.6 Å². The SMILES string of the molecule is Cc1ccc(Sc2ccccc2CNc2cc(F)c(O)c([N+](=O)[O-])c2)cc1.O=C(O)c1cc(NCc2ccccc2S(=O)(=O)c2ccc(Cl)cc2)ccc1O.O=[N+]([O-])c1cc(NCc2ccccc2Sc2ccccc2)cc(F)c1O. The van der Waals surface area contributed by atoms with E-state index in [4.69, 9.17) is 16.7 Å². The normalized spacial score (nSPS) is 10.8. The van der Waals surface area contributed by atoms with E-state index in [1.165, 1.54) is 54.1 Å². The molecule has 0 saturated carbocycles. The largest absolute Gasteiger partial charge is 0.507 e. The first-order valence-corrected chi connectivity index (χ1v) is 27.6. The Hall–Kier alpha value is -9.15. The molecule has 9 rings (SSSR count). The maximum atomic E-state index is 13.7. The summed E-state index contributed by atoms with van der Waals surface area (Å²) in [5.74, 6) is -5.58. The second-order valence-electron chi connectivity index (χ2n) is 17.4. The predicted molar refractivity (Wildman–Crippen MR) is 309 cm³/mol. The molecule has 9 aromatic rings. The van der Waals surface area contributed by atoms with E-state index >= 15 is 0 Å². The summed E-state index contributed by atoms with van der Waals surface area (Å²) in [6, 6.07) is 54.4. The van der Waals surface area contributed by atoms with E-state index < -0.39 is 60.2 Å². The second kappa shape index (κ2) is 27.6. The number of nitro groups is 2. The number of hydrogen-bond acceptors (Lipinski definition) is 15. The number of carboxylic acids is 1. The highest BCUT2D eigenvalue weighted by molar-refractivity contribution is 7.99. The number of phenolic OH excluding ortho intramolecular Hbond substituents is 2. The van der Waals surface area contributed by atoms with Crippen molar-refractivity contribution in [3.63, 3.8) is 0 Å². The number of carboxylic acid groups (broad SMARTS) is 1. The Labute approximate surface area is 477 Å². The molecular formula is C59H48ClF2N5O11S3.